The third-order valence-corrected chi connectivity index (χ3v) is 6.68. The van der Waals surface area contributed by atoms with Crippen molar-refractivity contribution in [2.45, 2.75) is 25.9 Å². The van der Waals surface area contributed by atoms with Gasteiger partial charge in [-0.3, -0.25) is 9.48 Å². The Kier molecular flexibility index (Phi) is 5.52. The van der Waals surface area contributed by atoms with Gasteiger partial charge >= 0.3 is 0 Å². The predicted molar refractivity (Wildman–Crippen MR) is 138 cm³/mol. The molecule has 1 atom stereocenters. The molecule has 12 nitrogen and oxygen atoms in total. The minimum atomic E-state index is -0.225. The highest BCUT2D eigenvalue weighted by Crippen LogP contribution is 2.38. The molecule has 6 rings (SSSR count). The highest BCUT2D eigenvalue weighted by molar-refractivity contribution is 5.95. The summed E-state index contributed by atoms with van der Waals surface area (Å²) in [6.45, 7) is 3.50. The zero-order valence-corrected chi connectivity index (χ0v) is 20.6. The van der Waals surface area contributed by atoms with E-state index in [1.807, 2.05) is 25.1 Å². The van der Waals surface area contributed by atoms with Gasteiger partial charge < -0.3 is 31.2 Å². The van der Waals surface area contributed by atoms with Crippen LogP contribution in [-0.2, 0) is 17.8 Å². The van der Waals surface area contributed by atoms with Crippen molar-refractivity contribution in [2.75, 3.05) is 37.9 Å². The second kappa shape index (κ2) is 8.89. The van der Waals surface area contributed by atoms with Crippen molar-refractivity contribution < 1.29 is 14.3 Å². The van der Waals surface area contributed by atoms with Crippen LogP contribution < -0.4 is 26.3 Å². The second-order valence-corrected chi connectivity index (χ2v) is 9.37. The maximum Gasteiger partial charge on any atom is 0.257 e. The number of pyridine rings is 3. The molecule has 5 N–H and O–H groups in total. The number of hydrogen-bond acceptors (Lipinski definition) is 10. The summed E-state index contributed by atoms with van der Waals surface area (Å²) in [6, 6.07) is 5.56. The second-order valence-electron chi connectivity index (χ2n) is 9.37. The number of aromatic nitrogens is 5. The van der Waals surface area contributed by atoms with Crippen LogP contribution in [0.5, 0.6) is 11.6 Å². The Morgan fingerprint density at radius 3 is 2.81 bits per heavy atom. The Balaban J connectivity index is 1.32. The molecule has 0 saturated carbocycles. The Bertz CT molecular complexity index is 1530. The molecule has 0 fully saturated rings. The van der Waals surface area contributed by atoms with Gasteiger partial charge in [0.25, 0.3) is 5.88 Å². The van der Waals surface area contributed by atoms with Gasteiger partial charge in [0, 0.05) is 60.7 Å². The minimum absolute atomic E-state index is 0.0372. The molecular weight excluding hydrogens is 474 g/mol. The number of likely N-dealkylation sites (N-methyl/N-ethyl adjacent to an activating group) is 1. The topological polar surface area (TPSA) is 159 Å². The van der Waals surface area contributed by atoms with Gasteiger partial charge in [-0.15, -0.1) is 0 Å². The van der Waals surface area contributed by atoms with Crippen molar-refractivity contribution in [1.29, 1.82) is 0 Å². The molecule has 12 heteroatoms. The van der Waals surface area contributed by atoms with Crippen molar-refractivity contribution >= 4 is 34.1 Å². The first-order chi connectivity index (χ1) is 17.9. The fourth-order valence-electron chi connectivity index (χ4n) is 4.54. The van der Waals surface area contributed by atoms with Gasteiger partial charge in [-0.05, 0) is 24.4 Å². The molecular formula is C25H27N9O3. The Labute approximate surface area is 212 Å². The summed E-state index contributed by atoms with van der Waals surface area (Å²) in [5, 5.41) is 9.39. The van der Waals surface area contributed by atoms with E-state index < -0.39 is 0 Å². The monoisotopic (exact) mass is 501 g/mol. The average molecular weight is 502 g/mol. The smallest absolute Gasteiger partial charge is 0.257 e. The molecule has 190 valence electrons. The molecule has 4 aromatic rings. The van der Waals surface area contributed by atoms with E-state index in [-0.39, 0.29) is 18.5 Å². The van der Waals surface area contributed by atoms with Crippen LogP contribution in [-0.4, -0.2) is 68.4 Å². The van der Waals surface area contributed by atoms with E-state index in [9.17, 15) is 4.79 Å². The number of carbonyl (C=O) groups is 1. The van der Waals surface area contributed by atoms with Crippen molar-refractivity contribution in [3.05, 3.63) is 41.9 Å². The van der Waals surface area contributed by atoms with Crippen LogP contribution in [0.2, 0.25) is 0 Å². The number of amides is 1. The van der Waals surface area contributed by atoms with Crippen molar-refractivity contribution in [3.63, 3.8) is 0 Å². The van der Waals surface area contributed by atoms with E-state index in [0.717, 1.165) is 34.0 Å². The van der Waals surface area contributed by atoms with E-state index in [0.29, 0.717) is 54.5 Å². The predicted octanol–water partition coefficient (Wildman–Crippen LogP) is 1.64. The lowest BCUT2D eigenvalue weighted by molar-refractivity contribution is -0.130. The summed E-state index contributed by atoms with van der Waals surface area (Å²) < 4.78 is 13.3. The molecule has 0 saturated heterocycles. The summed E-state index contributed by atoms with van der Waals surface area (Å²) in [5.41, 5.74) is 15.6. The zero-order chi connectivity index (χ0) is 25.7. The summed E-state index contributed by atoms with van der Waals surface area (Å²) >= 11 is 0. The lowest BCUT2D eigenvalue weighted by atomic mass is 10.0. The zero-order valence-electron chi connectivity index (χ0n) is 20.6. The van der Waals surface area contributed by atoms with Crippen LogP contribution in [0, 0.1) is 6.92 Å². The SMILES string of the molecule is Cc1c(-c2cc3cc(Nc4cc5n(n4)CC(=O)N(C)CC5)ncc3c(N)n2)cnc2c1OCC(N)CO2. The molecule has 0 bridgehead atoms. The van der Waals surface area contributed by atoms with Crippen LogP contribution in [0.1, 0.15) is 11.3 Å². The number of anilines is 3. The highest BCUT2D eigenvalue weighted by atomic mass is 16.5. The van der Waals surface area contributed by atoms with Gasteiger partial charge in [0.2, 0.25) is 5.91 Å². The summed E-state index contributed by atoms with van der Waals surface area (Å²) in [6.07, 6.45) is 4.13. The van der Waals surface area contributed by atoms with Crippen LogP contribution >= 0.6 is 0 Å². The fraction of sp³-hybridized carbons (Fsp3) is 0.320. The molecule has 4 aromatic heterocycles. The number of rotatable bonds is 3. The molecule has 0 radical (unpaired) electrons. The Hall–Kier alpha value is -4.45. The van der Waals surface area contributed by atoms with Gasteiger partial charge in [0.1, 0.15) is 31.4 Å². The van der Waals surface area contributed by atoms with E-state index in [1.54, 1.807) is 29.0 Å². The van der Waals surface area contributed by atoms with Crippen molar-refractivity contribution in [1.82, 2.24) is 29.6 Å². The number of nitrogen functional groups attached to an aromatic ring is 1. The molecule has 2 aliphatic heterocycles. The number of ether oxygens (including phenoxy) is 2. The lowest BCUT2D eigenvalue weighted by Gasteiger charge is -2.14. The molecule has 1 unspecified atom stereocenters. The molecule has 6 heterocycles. The number of nitrogens with zero attached hydrogens (tertiary/aromatic N) is 6. The highest BCUT2D eigenvalue weighted by Gasteiger charge is 2.22. The maximum atomic E-state index is 12.2. The van der Waals surface area contributed by atoms with Crippen LogP contribution in [0.3, 0.4) is 0 Å². The summed E-state index contributed by atoms with van der Waals surface area (Å²) in [5.74, 6) is 2.61. The summed E-state index contributed by atoms with van der Waals surface area (Å²) in [4.78, 5) is 27.5. The van der Waals surface area contributed by atoms with E-state index in [4.69, 9.17) is 20.9 Å². The first-order valence-electron chi connectivity index (χ1n) is 12.0. The fourth-order valence-corrected chi connectivity index (χ4v) is 4.54. The number of nitrogens with one attached hydrogen (secondary N) is 1. The quantitative estimate of drug-likeness (QED) is 0.376. The number of hydrogen-bond donors (Lipinski definition) is 3. The number of carbonyl (C=O) groups excluding carboxylic acids is 1. The van der Waals surface area contributed by atoms with E-state index in [1.165, 1.54) is 0 Å². The summed E-state index contributed by atoms with van der Waals surface area (Å²) in [7, 11) is 1.81. The van der Waals surface area contributed by atoms with Crippen molar-refractivity contribution in [3.8, 4) is 22.9 Å². The third kappa shape index (κ3) is 4.25. The third-order valence-electron chi connectivity index (χ3n) is 6.68. The average Bonchev–Trinajstić information content (AvgIpc) is 3.05. The number of nitrogens with two attached hydrogens (primary N) is 2. The number of fused-ring (bicyclic) bond motifs is 3. The Morgan fingerprint density at radius 1 is 1.11 bits per heavy atom. The molecule has 2 aliphatic rings. The van der Waals surface area contributed by atoms with E-state index >= 15 is 0 Å². The van der Waals surface area contributed by atoms with Crippen LogP contribution in [0.4, 0.5) is 17.5 Å². The van der Waals surface area contributed by atoms with Gasteiger partial charge in [0.05, 0.1) is 11.7 Å². The van der Waals surface area contributed by atoms with Crippen LogP contribution in [0.15, 0.2) is 30.6 Å². The minimum Gasteiger partial charge on any atom is -0.486 e. The standard InChI is InChI=1S/C25H27N9O3/c1-13-17(8-29-25-23(13)36-11-15(26)12-37-25)19-5-14-6-20(28-9-18(14)24(27)30-19)31-21-7-16-3-4-33(2)22(35)10-34(16)32-21/h5-9,15H,3-4,10-12,26H2,1-2H3,(H2,27,30)(H,28,31,32). The maximum absolute atomic E-state index is 12.2. The van der Waals surface area contributed by atoms with Gasteiger partial charge in [-0.25, -0.2) is 15.0 Å². The first-order valence-corrected chi connectivity index (χ1v) is 12.0. The van der Waals surface area contributed by atoms with Crippen LogP contribution in [0.25, 0.3) is 22.0 Å². The van der Waals surface area contributed by atoms with Crippen molar-refractivity contribution in [2.24, 2.45) is 5.73 Å². The normalized spacial score (nSPS) is 17.3. The molecule has 0 aliphatic carbocycles. The lowest BCUT2D eigenvalue weighted by Crippen LogP contribution is -2.32. The first kappa shape index (κ1) is 23.0. The van der Waals surface area contributed by atoms with Gasteiger partial charge in [-0.2, -0.15) is 5.10 Å². The molecule has 37 heavy (non-hydrogen) atoms. The molecule has 0 spiro atoms. The Morgan fingerprint density at radius 2 is 1.95 bits per heavy atom. The van der Waals surface area contributed by atoms with Gasteiger partial charge in [-0.1, -0.05) is 0 Å². The molecule has 0 aromatic carbocycles. The molecule has 1 amide bonds. The van der Waals surface area contributed by atoms with Gasteiger partial charge in [0.15, 0.2) is 11.6 Å². The largest absolute Gasteiger partial charge is 0.486 e. The van der Waals surface area contributed by atoms with E-state index in [2.05, 4.69) is 25.4 Å².